The van der Waals surface area contributed by atoms with Crippen LogP contribution in [0.3, 0.4) is 0 Å². The van der Waals surface area contributed by atoms with E-state index in [-0.39, 0.29) is 29.9 Å². The summed E-state index contributed by atoms with van der Waals surface area (Å²) in [4.78, 5) is 12.8. The van der Waals surface area contributed by atoms with Crippen molar-refractivity contribution < 1.29 is 38.0 Å². The molecule has 1 heterocycles. The normalized spacial score (nSPS) is 16.5. The lowest BCUT2D eigenvalue weighted by Crippen LogP contribution is -3.00. The van der Waals surface area contributed by atoms with Crippen molar-refractivity contribution in [2.75, 3.05) is 39.9 Å². The van der Waals surface area contributed by atoms with Gasteiger partial charge >= 0.3 is 0 Å². The van der Waals surface area contributed by atoms with E-state index in [2.05, 4.69) is 7.05 Å². The van der Waals surface area contributed by atoms with E-state index in [1.165, 1.54) is 0 Å². The van der Waals surface area contributed by atoms with Gasteiger partial charge in [0.2, 0.25) is 5.91 Å². The van der Waals surface area contributed by atoms with Gasteiger partial charge in [-0.05, 0) is 11.1 Å². The number of rotatable bonds is 6. The predicted octanol–water partition coefficient (Wildman–Crippen LogP) is -0.671. The number of benzene rings is 2. The standard InChI is InChI=1S/C21H26N2O2.HI/c1-23(14-16-25-17-15-23)13-12-21(20(22)24,18-8-4-2-5-9-18)19-10-6-3-7-11-19;/h2-11H,12-17H2,1H3,(H-,22,24);1H. The Hall–Kier alpha value is -1.44. The molecule has 0 atom stereocenters. The third-order valence-corrected chi connectivity index (χ3v) is 5.53. The first-order valence-corrected chi connectivity index (χ1v) is 8.89. The molecule has 140 valence electrons. The number of nitrogens with zero attached hydrogens (tertiary/aromatic N) is 1. The molecule has 1 amide bonds. The molecule has 0 aromatic heterocycles. The van der Waals surface area contributed by atoms with Crippen LogP contribution in [0.4, 0.5) is 0 Å². The van der Waals surface area contributed by atoms with Gasteiger partial charge in [-0.1, -0.05) is 60.7 Å². The van der Waals surface area contributed by atoms with Gasteiger partial charge in [0.05, 0.1) is 26.8 Å². The Bertz CT molecular complexity index is 661. The average Bonchev–Trinajstić information content (AvgIpc) is 2.64. The minimum absolute atomic E-state index is 0. The molecule has 0 saturated carbocycles. The van der Waals surface area contributed by atoms with E-state index in [1.807, 2.05) is 60.7 Å². The highest BCUT2D eigenvalue weighted by Gasteiger charge is 2.42. The summed E-state index contributed by atoms with van der Waals surface area (Å²) in [5.74, 6) is -0.287. The second kappa shape index (κ2) is 8.97. The Morgan fingerprint density at radius 1 is 1.00 bits per heavy atom. The first-order valence-electron chi connectivity index (χ1n) is 8.89. The van der Waals surface area contributed by atoms with Gasteiger partial charge in [0.1, 0.15) is 18.5 Å². The molecule has 1 aliphatic rings. The SMILES string of the molecule is C[N+]1(CCC(C(N)=O)(c2ccccc2)c2ccccc2)CCOCC1.[I-]. The average molecular weight is 466 g/mol. The van der Waals surface area contributed by atoms with Crippen molar-refractivity contribution in [2.45, 2.75) is 11.8 Å². The topological polar surface area (TPSA) is 52.3 Å². The molecule has 0 aliphatic carbocycles. The quantitative estimate of drug-likeness (QED) is 0.454. The molecule has 5 heteroatoms. The highest BCUT2D eigenvalue weighted by Crippen LogP contribution is 2.36. The minimum atomic E-state index is -0.803. The van der Waals surface area contributed by atoms with E-state index in [9.17, 15) is 4.79 Å². The van der Waals surface area contributed by atoms with Crippen LogP contribution in [0.1, 0.15) is 17.5 Å². The fraction of sp³-hybridized carbons (Fsp3) is 0.381. The minimum Gasteiger partial charge on any atom is -1.00 e. The van der Waals surface area contributed by atoms with Gasteiger partial charge in [-0.2, -0.15) is 0 Å². The Labute approximate surface area is 172 Å². The number of carbonyl (C=O) groups is 1. The van der Waals surface area contributed by atoms with E-state index in [0.717, 1.165) is 48.5 Å². The maximum Gasteiger partial charge on any atom is 0.232 e. The first kappa shape index (κ1) is 20.9. The number of nitrogens with two attached hydrogens (primary N) is 1. The van der Waals surface area contributed by atoms with Crippen molar-refractivity contribution in [2.24, 2.45) is 5.73 Å². The third-order valence-electron chi connectivity index (χ3n) is 5.53. The molecular weight excluding hydrogens is 439 g/mol. The fourth-order valence-electron chi connectivity index (χ4n) is 3.75. The summed E-state index contributed by atoms with van der Waals surface area (Å²) in [7, 11) is 2.24. The van der Waals surface area contributed by atoms with Crippen molar-refractivity contribution in [1.82, 2.24) is 0 Å². The second-order valence-corrected chi connectivity index (χ2v) is 7.15. The number of hydrogen-bond acceptors (Lipinski definition) is 2. The van der Waals surface area contributed by atoms with Crippen molar-refractivity contribution in [3.8, 4) is 0 Å². The van der Waals surface area contributed by atoms with Crippen molar-refractivity contribution in [1.29, 1.82) is 0 Å². The van der Waals surface area contributed by atoms with Gasteiger partial charge < -0.3 is 38.9 Å². The molecule has 2 aromatic carbocycles. The van der Waals surface area contributed by atoms with E-state index < -0.39 is 5.41 Å². The summed E-state index contributed by atoms with van der Waals surface area (Å²) >= 11 is 0. The zero-order valence-electron chi connectivity index (χ0n) is 15.2. The van der Waals surface area contributed by atoms with Crippen LogP contribution in [0.2, 0.25) is 0 Å². The van der Waals surface area contributed by atoms with E-state index in [4.69, 9.17) is 10.5 Å². The van der Waals surface area contributed by atoms with Crippen LogP contribution in [0.15, 0.2) is 60.7 Å². The van der Waals surface area contributed by atoms with Gasteiger partial charge in [-0.25, -0.2) is 0 Å². The van der Waals surface area contributed by atoms with Crippen LogP contribution < -0.4 is 29.7 Å². The molecular formula is C21H27IN2O2. The molecule has 4 nitrogen and oxygen atoms in total. The Morgan fingerprint density at radius 2 is 1.46 bits per heavy atom. The van der Waals surface area contributed by atoms with E-state index in [0.29, 0.717) is 6.42 Å². The van der Waals surface area contributed by atoms with Gasteiger partial charge in [0.25, 0.3) is 0 Å². The smallest absolute Gasteiger partial charge is 0.232 e. The molecule has 0 unspecified atom stereocenters. The van der Waals surface area contributed by atoms with E-state index in [1.54, 1.807) is 0 Å². The molecule has 3 rings (SSSR count). The van der Waals surface area contributed by atoms with Gasteiger partial charge in [-0.15, -0.1) is 0 Å². The number of primary amides is 1. The van der Waals surface area contributed by atoms with Crippen molar-refractivity contribution in [3.05, 3.63) is 71.8 Å². The summed E-state index contributed by atoms with van der Waals surface area (Å²) in [6, 6.07) is 19.9. The zero-order valence-corrected chi connectivity index (χ0v) is 17.4. The van der Waals surface area contributed by atoms with Crippen LogP contribution in [-0.4, -0.2) is 50.3 Å². The number of carbonyl (C=O) groups excluding carboxylic acids is 1. The number of morpholine rings is 1. The van der Waals surface area contributed by atoms with Gasteiger partial charge in [-0.3, -0.25) is 4.79 Å². The molecule has 0 radical (unpaired) electrons. The zero-order chi connectivity index (χ0) is 17.8. The van der Waals surface area contributed by atoms with Crippen LogP contribution >= 0.6 is 0 Å². The molecule has 0 spiro atoms. The number of ether oxygens (including phenoxy) is 1. The molecule has 0 bridgehead atoms. The number of quaternary nitrogens is 1. The van der Waals surface area contributed by atoms with Crippen molar-refractivity contribution >= 4 is 5.91 Å². The number of hydrogen-bond donors (Lipinski definition) is 1. The predicted molar refractivity (Wildman–Crippen MR) is 99.1 cm³/mol. The van der Waals surface area contributed by atoms with Crippen LogP contribution in [0.25, 0.3) is 0 Å². The lowest BCUT2D eigenvalue weighted by atomic mass is 9.71. The maximum absolute atomic E-state index is 12.8. The highest BCUT2D eigenvalue weighted by molar-refractivity contribution is 5.90. The third kappa shape index (κ3) is 4.27. The molecule has 1 saturated heterocycles. The van der Waals surface area contributed by atoms with Crippen LogP contribution in [0.5, 0.6) is 0 Å². The molecule has 1 fully saturated rings. The number of likely N-dealkylation sites (N-methyl/N-ethyl adjacent to an activating group) is 1. The highest BCUT2D eigenvalue weighted by atomic mass is 127. The first-order chi connectivity index (χ1) is 12.1. The van der Waals surface area contributed by atoms with Crippen LogP contribution in [-0.2, 0) is 14.9 Å². The summed E-state index contributed by atoms with van der Waals surface area (Å²) in [6.45, 7) is 4.38. The second-order valence-electron chi connectivity index (χ2n) is 7.15. The van der Waals surface area contributed by atoms with Crippen LogP contribution in [0, 0.1) is 0 Å². The van der Waals surface area contributed by atoms with E-state index >= 15 is 0 Å². The Kier molecular flexibility index (Phi) is 7.20. The molecule has 1 aliphatic heterocycles. The Morgan fingerprint density at radius 3 is 1.88 bits per heavy atom. The summed E-state index contributed by atoms with van der Waals surface area (Å²) < 4.78 is 6.42. The Balaban J connectivity index is 0.00000243. The lowest BCUT2D eigenvalue weighted by Gasteiger charge is -2.41. The molecule has 26 heavy (non-hydrogen) atoms. The van der Waals surface area contributed by atoms with Gasteiger partial charge in [0, 0.05) is 6.42 Å². The lowest BCUT2D eigenvalue weighted by molar-refractivity contribution is -0.917. The fourth-order valence-corrected chi connectivity index (χ4v) is 3.75. The number of amides is 1. The van der Waals surface area contributed by atoms with Gasteiger partial charge in [0.15, 0.2) is 0 Å². The number of halogens is 1. The largest absolute Gasteiger partial charge is 1.00 e. The monoisotopic (exact) mass is 466 g/mol. The molecule has 2 aromatic rings. The molecule has 2 N–H and O–H groups in total. The van der Waals surface area contributed by atoms with Crippen molar-refractivity contribution in [3.63, 3.8) is 0 Å². The summed E-state index contributed by atoms with van der Waals surface area (Å²) in [5, 5.41) is 0. The summed E-state index contributed by atoms with van der Waals surface area (Å²) in [6.07, 6.45) is 0.687. The maximum atomic E-state index is 12.8. The summed E-state index contributed by atoms with van der Waals surface area (Å²) in [5.41, 5.74) is 7.15.